The fourth-order valence-corrected chi connectivity index (χ4v) is 3.61. The Hall–Kier alpha value is -2.51. The minimum Gasteiger partial charge on any atom is -0.374 e. The Kier molecular flexibility index (Phi) is 7.39. The predicted octanol–water partition coefficient (Wildman–Crippen LogP) is 4.07. The van der Waals surface area contributed by atoms with E-state index < -0.39 is 0 Å². The standard InChI is InChI=1S/C23H25BrN2O4/c1-15(2)30-14-17-6-3-5-16(11-17)13-25-21(27)7-4-10-26-22(28)19-9-8-18(24)12-20(19)23(26)29/h3,5-6,8-9,11-12,15H,4,7,10,13-14H2,1-2H3,(H,25,27). The molecule has 0 saturated heterocycles. The van der Waals surface area contributed by atoms with Crippen molar-refractivity contribution in [2.45, 2.75) is 45.9 Å². The summed E-state index contributed by atoms with van der Waals surface area (Å²) in [6.45, 7) is 5.17. The number of imide groups is 1. The van der Waals surface area contributed by atoms with Crippen LogP contribution in [0.3, 0.4) is 0 Å². The third-order valence-electron chi connectivity index (χ3n) is 4.78. The zero-order valence-corrected chi connectivity index (χ0v) is 18.7. The summed E-state index contributed by atoms with van der Waals surface area (Å²) in [7, 11) is 0. The van der Waals surface area contributed by atoms with Crippen LogP contribution in [0.1, 0.15) is 58.5 Å². The highest BCUT2D eigenvalue weighted by Crippen LogP contribution is 2.26. The van der Waals surface area contributed by atoms with E-state index in [1.165, 1.54) is 4.90 Å². The Bertz CT molecular complexity index is 958. The summed E-state index contributed by atoms with van der Waals surface area (Å²) < 4.78 is 6.36. The second kappa shape index (κ2) is 10.00. The highest BCUT2D eigenvalue weighted by atomic mass is 79.9. The maximum absolute atomic E-state index is 12.4. The van der Waals surface area contributed by atoms with Crippen LogP contribution in [0.15, 0.2) is 46.9 Å². The van der Waals surface area contributed by atoms with Crippen LogP contribution in [0.5, 0.6) is 0 Å². The van der Waals surface area contributed by atoms with Crippen molar-refractivity contribution in [3.8, 4) is 0 Å². The van der Waals surface area contributed by atoms with E-state index >= 15 is 0 Å². The molecule has 0 radical (unpaired) electrons. The van der Waals surface area contributed by atoms with Gasteiger partial charge in [-0.1, -0.05) is 40.2 Å². The molecular weight excluding hydrogens is 448 g/mol. The summed E-state index contributed by atoms with van der Waals surface area (Å²) in [5, 5.41) is 2.89. The van der Waals surface area contributed by atoms with Gasteiger partial charge in [0, 0.05) is 24.0 Å². The summed E-state index contributed by atoms with van der Waals surface area (Å²) in [5.41, 5.74) is 2.88. The van der Waals surface area contributed by atoms with Crippen LogP contribution < -0.4 is 5.32 Å². The fraction of sp³-hybridized carbons (Fsp3) is 0.348. The number of nitrogens with one attached hydrogen (secondary N) is 1. The lowest BCUT2D eigenvalue weighted by Gasteiger charge is -2.13. The molecule has 0 saturated carbocycles. The number of carbonyl (C=O) groups is 3. The minimum atomic E-state index is -0.308. The van der Waals surface area contributed by atoms with E-state index in [1.807, 2.05) is 38.1 Å². The lowest BCUT2D eigenvalue weighted by Crippen LogP contribution is -2.32. The Labute approximate surface area is 184 Å². The summed E-state index contributed by atoms with van der Waals surface area (Å²) in [4.78, 5) is 38.3. The summed E-state index contributed by atoms with van der Waals surface area (Å²) >= 11 is 3.32. The van der Waals surface area contributed by atoms with Crippen LogP contribution in [0.25, 0.3) is 0 Å². The molecule has 7 heteroatoms. The molecule has 0 fully saturated rings. The van der Waals surface area contributed by atoms with Gasteiger partial charge in [-0.05, 0) is 49.6 Å². The number of rotatable bonds is 9. The number of fused-ring (bicyclic) bond motifs is 1. The van der Waals surface area contributed by atoms with Gasteiger partial charge in [0.25, 0.3) is 11.8 Å². The van der Waals surface area contributed by atoms with Gasteiger partial charge < -0.3 is 10.1 Å². The lowest BCUT2D eigenvalue weighted by molar-refractivity contribution is -0.121. The Morgan fingerprint density at radius 3 is 2.57 bits per heavy atom. The Morgan fingerprint density at radius 1 is 1.07 bits per heavy atom. The molecule has 0 unspecified atom stereocenters. The zero-order chi connectivity index (χ0) is 21.7. The first-order chi connectivity index (χ1) is 14.3. The normalized spacial score (nSPS) is 13.1. The third-order valence-corrected chi connectivity index (χ3v) is 5.28. The van der Waals surface area contributed by atoms with Crippen molar-refractivity contribution in [1.29, 1.82) is 0 Å². The Morgan fingerprint density at radius 2 is 1.80 bits per heavy atom. The number of amides is 3. The lowest BCUT2D eigenvalue weighted by atomic mass is 10.1. The van der Waals surface area contributed by atoms with Crippen molar-refractivity contribution >= 4 is 33.7 Å². The molecule has 2 aromatic rings. The smallest absolute Gasteiger partial charge is 0.261 e. The molecule has 3 amide bonds. The van der Waals surface area contributed by atoms with Crippen LogP contribution in [0, 0.1) is 0 Å². The second-order valence-corrected chi connectivity index (χ2v) is 8.43. The molecule has 0 atom stereocenters. The molecule has 2 aromatic carbocycles. The van der Waals surface area contributed by atoms with E-state index in [1.54, 1.807) is 18.2 Å². The number of benzene rings is 2. The molecule has 1 aliphatic rings. The first kappa shape index (κ1) is 22.2. The van der Waals surface area contributed by atoms with E-state index in [0.29, 0.717) is 30.7 Å². The van der Waals surface area contributed by atoms with Crippen LogP contribution in [-0.2, 0) is 22.7 Å². The average Bonchev–Trinajstić information content (AvgIpc) is 2.95. The molecular formula is C23H25BrN2O4. The molecule has 0 aliphatic carbocycles. The third kappa shape index (κ3) is 5.55. The molecule has 0 spiro atoms. The monoisotopic (exact) mass is 472 g/mol. The first-order valence-electron chi connectivity index (χ1n) is 9.97. The molecule has 158 valence electrons. The first-order valence-corrected chi connectivity index (χ1v) is 10.8. The fourth-order valence-electron chi connectivity index (χ4n) is 3.25. The van der Waals surface area contributed by atoms with Crippen molar-refractivity contribution in [3.05, 3.63) is 69.2 Å². The van der Waals surface area contributed by atoms with Gasteiger partial charge in [-0.2, -0.15) is 0 Å². The molecule has 30 heavy (non-hydrogen) atoms. The van der Waals surface area contributed by atoms with Crippen molar-refractivity contribution in [3.63, 3.8) is 0 Å². The molecule has 0 bridgehead atoms. The number of carbonyl (C=O) groups excluding carboxylic acids is 3. The van der Waals surface area contributed by atoms with Crippen molar-refractivity contribution in [2.75, 3.05) is 6.54 Å². The predicted molar refractivity (Wildman–Crippen MR) is 117 cm³/mol. The van der Waals surface area contributed by atoms with E-state index in [-0.39, 0.29) is 36.8 Å². The van der Waals surface area contributed by atoms with Crippen LogP contribution in [-0.4, -0.2) is 35.3 Å². The van der Waals surface area contributed by atoms with Crippen LogP contribution in [0.2, 0.25) is 0 Å². The maximum Gasteiger partial charge on any atom is 0.261 e. The van der Waals surface area contributed by atoms with Crippen LogP contribution in [0.4, 0.5) is 0 Å². The number of halogens is 1. The number of hydrogen-bond acceptors (Lipinski definition) is 4. The zero-order valence-electron chi connectivity index (χ0n) is 17.1. The van der Waals surface area contributed by atoms with Gasteiger partial charge >= 0.3 is 0 Å². The van der Waals surface area contributed by atoms with E-state index in [0.717, 1.165) is 15.6 Å². The molecule has 1 aliphatic heterocycles. The van der Waals surface area contributed by atoms with Crippen molar-refractivity contribution in [2.24, 2.45) is 0 Å². The topological polar surface area (TPSA) is 75.7 Å². The van der Waals surface area contributed by atoms with Gasteiger partial charge in [0.2, 0.25) is 5.91 Å². The Balaban J connectivity index is 1.44. The highest BCUT2D eigenvalue weighted by molar-refractivity contribution is 9.10. The molecule has 1 heterocycles. The number of ether oxygens (including phenoxy) is 1. The molecule has 0 aromatic heterocycles. The minimum absolute atomic E-state index is 0.113. The SMILES string of the molecule is CC(C)OCc1cccc(CNC(=O)CCCN2C(=O)c3ccc(Br)cc3C2=O)c1. The van der Waals surface area contributed by atoms with Gasteiger partial charge in [-0.25, -0.2) is 0 Å². The van der Waals surface area contributed by atoms with Gasteiger partial charge in [0.1, 0.15) is 0 Å². The van der Waals surface area contributed by atoms with E-state index in [9.17, 15) is 14.4 Å². The summed E-state index contributed by atoms with van der Waals surface area (Å²) in [6.07, 6.45) is 0.825. The van der Waals surface area contributed by atoms with Crippen molar-refractivity contribution in [1.82, 2.24) is 10.2 Å². The number of hydrogen-bond donors (Lipinski definition) is 1. The van der Waals surface area contributed by atoms with Gasteiger partial charge in [-0.15, -0.1) is 0 Å². The second-order valence-electron chi connectivity index (χ2n) is 7.51. The number of nitrogens with zero attached hydrogens (tertiary/aromatic N) is 1. The van der Waals surface area contributed by atoms with Gasteiger partial charge in [0.15, 0.2) is 0 Å². The van der Waals surface area contributed by atoms with E-state index in [2.05, 4.69) is 21.2 Å². The van der Waals surface area contributed by atoms with Crippen LogP contribution >= 0.6 is 15.9 Å². The molecule has 3 rings (SSSR count). The van der Waals surface area contributed by atoms with E-state index in [4.69, 9.17) is 4.74 Å². The molecule has 1 N–H and O–H groups in total. The highest BCUT2D eigenvalue weighted by Gasteiger charge is 2.35. The van der Waals surface area contributed by atoms with Crippen molar-refractivity contribution < 1.29 is 19.1 Å². The van der Waals surface area contributed by atoms with Gasteiger partial charge in [-0.3, -0.25) is 19.3 Å². The largest absolute Gasteiger partial charge is 0.374 e. The maximum atomic E-state index is 12.4. The summed E-state index contributed by atoms with van der Waals surface area (Å²) in [6, 6.07) is 12.9. The summed E-state index contributed by atoms with van der Waals surface area (Å²) in [5.74, 6) is -0.723. The average molecular weight is 473 g/mol. The van der Waals surface area contributed by atoms with Gasteiger partial charge in [0.05, 0.1) is 23.8 Å². The quantitative estimate of drug-likeness (QED) is 0.558. The molecule has 6 nitrogen and oxygen atoms in total.